The molecule has 0 aromatic heterocycles. The van der Waals surface area contributed by atoms with Crippen molar-refractivity contribution in [3.8, 4) is 12.3 Å². The number of carbonyl (C=O) groups excluding carboxylic acids is 1. The van der Waals surface area contributed by atoms with Crippen LogP contribution in [0.3, 0.4) is 0 Å². The largest absolute Gasteiger partial charge is 0.480 e. The van der Waals surface area contributed by atoms with Crippen LogP contribution < -0.4 is 5.32 Å². The van der Waals surface area contributed by atoms with Crippen molar-refractivity contribution in [2.75, 3.05) is 0 Å². The standard InChI is InChI=1S/C12H9BrFNO3/c1-2-3-10(12(17)18)15-11(16)8-5-4-7(14)6-9(8)13/h1,4-6,10H,3H2,(H,15,16)(H,17,18). The van der Waals surface area contributed by atoms with E-state index >= 15 is 0 Å². The first-order valence-electron chi connectivity index (χ1n) is 4.88. The van der Waals surface area contributed by atoms with E-state index in [1.54, 1.807) is 0 Å². The lowest BCUT2D eigenvalue weighted by atomic mass is 10.1. The molecule has 0 spiro atoms. The van der Waals surface area contributed by atoms with Gasteiger partial charge in [0.15, 0.2) is 0 Å². The van der Waals surface area contributed by atoms with Crippen molar-refractivity contribution >= 4 is 27.8 Å². The minimum absolute atomic E-state index is 0.125. The average Bonchev–Trinajstić information content (AvgIpc) is 2.27. The van der Waals surface area contributed by atoms with Crippen molar-refractivity contribution in [2.24, 2.45) is 0 Å². The van der Waals surface area contributed by atoms with Gasteiger partial charge in [0.2, 0.25) is 0 Å². The highest BCUT2D eigenvalue weighted by Crippen LogP contribution is 2.18. The molecular formula is C12H9BrFNO3. The van der Waals surface area contributed by atoms with Crippen LogP contribution >= 0.6 is 15.9 Å². The van der Waals surface area contributed by atoms with E-state index in [1.165, 1.54) is 6.07 Å². The first-order chi connectivity index (χ1) is 8.45. The van der Waals surface area contributed by atoms with Crippen LogP contribution in [0, 0.1) is 18.2 Å². The number of amides is 1. The highest BCUT2D eigenvalue weighted by Gasteiger charge is 2.20. The Balaban J connectivity index is 2.87. The number of carbonyl (C=O) groups is 2. The summed E-state index contributed by atoms with van der Waals surface area (Å²) in [6.45, 7) is 0. The third-order valence-electron chi connectivity index (χ3n) is 2.10. The lowest BCUT2D eigenvalue weighted by Gasteiger charge is -2.12. The number of terminal acetylenes is 1. The van der Waals surface area contributed by atoms with E-state index in [9.17, 15) is 14.0 Å². The van der Waals surface area contributed by atoms with Gasteiger partial charge in [-0.1, -0.05) is 0 Å². The Morgan fingerprint density at radius 1 is 1.56 bits per heavy atom. The molecule has 1 aromatic rings. The number of nitrogens with one attached hydrogen (secondary N) is 1. The molecule has 0 aliphatic heterocycles. The zero-order valence-electron chi connectivity index (χ0n) is 9.11. The maximum Gasteiger partial charge on any atom is 0.327 e. The molecule has 1 unspecified atom stereocenters. The van der Waals surface area contributed by atoms with Crippen molar-refractivity contribution in [2.45, 2.75) is 12.5 Å². The van der Waals surface area contributed by atoms with E-state index in [0.29, 0.717) is 0 Å². The van der Waals surface area contributed by atoms with Crippen LogP contribution in [0.1, 0.15) is 16.8 Å². The molecule has 0 saturated carbocycles. The summed E-state index contributed by atoms with van der Waals surface area (Å²) in [4.78, 5) is 22.6. The quantitative estimate of drug-likeness (QED) is 0.833. The van der Waals surface area contributed by atoms with Crippen molar-refractivity contribution in [1.29, 1.82) is 0 Å². The Labute approximate surface area is 111 Å². The van der Waals surface area contributed by atoms with Gasteiger partial charge in [-0.3, -0.25) is 4.79 Å². The molecule has 0 saturated heterocycles. The van der Waals surface area contributed by atoms with Crippen LogP contribution in [0.4, 0.5) is 4.39 Å². The third-order valence-corrected chi connectivity index (χ3v) is 2.76. The highest BCUT2D eigenvalue weighted by atomic mass is 79.9. The Hall–Kier alpha value is -1.87. The van der Waals surface area contributed by atoms with Crippen LogP contribution in [-0.4, -0.2) is 23.0 Å². The second-order valence-corrected chi connectivity index (χ2v) is 4.25. The summed E-state index contributed by atoms with van der Waals surface area (Å²) >= 11 is 3.03. The number of carboxylic acid groups (broad SMARTS) is 1. The molecule has 1 atom stereocenters. The van der Waals surface area contributed by atoms with Crippen LogP contribution in [0.15, 0.2) is 22.7 Å². The monoisotopic (exact) mass is 313 g/mol. The van der Waals surface area contributed by atoms with Crippen LogP contribution in [-0.2, 0) is 4.79 Å². The molecule has 1 aromatic carbocycles. The summed E-state index contributed by atoms with van der Waals surface area (Å²) in [7, 11) is 0. The van der Waals surface area contributed by atoms with Gasteiger partial charge in [-0.25, -0.2) is 9.18 Å². The number of hydrogen-bond acceptors (Lipinski definition) is 2. The van der Waals surface area contributed by atoms with Gasteiger partial charge in [0.05, 0.1) is 5.56 Å². The van der Waals surface area contributed by atoms with Gasteiger partial charge < -0.3 is 10.4 Å². The Morgan fingerprint density at radius 2 is 2.22 bits per heavy atom. The molecular weight excluding hydrogens is 305 g/mol. The lowest BCUT2D eigenvalue weighted by molar-refractivity contribution is -0.139. The Bertz CT molecular complexity index is 525. The van der Waals surface area contributed by atoms with E-state index in [-0.39, 0.29) is 16.5 Å². The van der Waals surface area contributed by atoms with Gasteiger partial charge >= 0.3 is 5.97 Å². The summed E-state index contributed by atoms with van der Waals surface area (Å²) in [5, 5.41) is 11.1. The van der Waals surface area contributed by atoms with Gasteiger partial charge in [0.25, 0.3) is 5.91 Å². The van der Waals surface area contributed by atoms with Gasteiger partial charge in [-0.2, -0.15) is 0 Å². The number of benzene rings is 1. The molecule has 2 N–H and O–H groups in total. The smallest absolute Gasteiger partial charge is 0.327 e. The van der Waals surface area contributed by atoms with Gasteiger partial charge in [-0.05, 0) is 34.1 Å². The maximum atomic E-state index is 12.8. The minimum Gasteiger partial charge on any atom is -0.480 e. The van der Waals surface area contributed by atoms with Gasteiger partial charge in [0, 0.05) is 10.9 Å². The molecule has 1 rings (SSSR count). The summed E-state index contributed by atoms with van der Waals surface area (Å²) in [5.74, 6) is -0.198. The van der Waals surface area contributed by atoms with Crippen LogP contribution in [0.25, 0.3) is 0 Å². The number of aliphatic carboxylic acids is 1. The molecule has 0 bridgehead atoms. The fourth-order valence-corrected chi connectivity index (χ4v) is 1.76. The Kier molecular flexibility index (Phi) is 4.86. The minimum atomic E-state index is -1.22. The van der Waals surface area contributed by atoms with Gasteiger partial charge in [0.1, 0.15) is 11.9 Å². The fourth-order valence-electron chi connectivity index (χ4n) is 1.23. The summed E-state index contributed by atoms with van der Waals surface area (Å²) in [5.41, 5.74) is 0.139. The molecule has 6 heteroatoms. The molecule has 0 fully saturated rings. The second kappa shape index (κ2) is 6.17. The summed E-state index contributed by atoms with van der Waals surface area (Å²) in [6, 6.07) is 2.31. The molecule has 0 heterocycles. The topological polar surface area (TPSA) is 66.4 Å². The van der Waals surface area contributed by atoms with Crippen molar-refractivity contribution in [3.05, 3.63) is 34.1 Å². The zero-order valence-corrected chi connectivity index (χ0v) is 10.7. The maximum absolute atomic E-state index is 12.8. The first-order valence-corrected chi connectivity index (χ1v) is 5.67. The molecule has 4 nitrogen and oxygen atoms in total. The van der Waals surface area contributed by atoms with Crippen molar-refractivity contribution < 1.29 is 19.1 Å². The number of carboxylic acids is 1. The van der Waals surface area contributed by atoms with Crippen molar-refractivity contribution in [3.63, 3.8) is 0 Å². The summed E-state index contributed by atoms with van der Waals surface area (Å²) < 4.78 is 13.1. The number of hydrogen-bond donors (Lipinski definition) is 2. The lowest BCUT2D eigenvalue weighted by Crippen LogP contribution is -2.40. The average molecular weight is 314 g/mol. The predicted molar refractivity (Wildman–Crippen MR) is 66.4 cm³/mol. The SMILES string of the molecule is C#CCC(NC(=O)c1ccc(F)cc1Br)C(=O)O. The van der Waals surface area contributed by atoms with E-state index in [4.69, 9.17) is 11.5 Å². The van der Waals surface area contributed by atoms with E-state index in [0.717, 1.165) is 12.1 Å². The predicted octanol–water partition coefficient (Wildman–Crippen LogP) is 1.79. The first kappa shape index (κ1) is 14.2. The van der Waals surface area contributed by atoms with E-state index < -0.39 is 23.7 Å². The van der Waals surface area contributed by atoms with E-state index in [2.05, 4.69) is 27.2 Å². The third kappa shape index (κ3) is 3.57. The molecule has 1 amide bonds. The van der Waals surface area contributed by atoms with E-state index in [1.807, 2.05) is 0 Å². The Morgan fingerprint density at radius 3 is 2.72 bits per heavy atom. The zero-order chi connectivity index (χ0) is 13.7. The molecule has 0 radical (unpaired) electrons. The molecule has 0 aliphatic carbocycles. The molecule has 18 heavy (non-hydrogen) atoms. The van der Waals surface area contributed by atoms with Gasteiger partial charge in [-0.15, -0.1) is 12.3 Å². The van der Waals surface area contributed by atoms with Crippen molar-refractivity contribution in [1.82, 2.24) is 5.32 Å². The van der Waals surface area contributed by atoms with Crippen LogP contribution in [0.2, 0.25) is 0 Å². The highest BCUT2D eigenvalue weighted by molar-refractivity contribution is 9.10. The van der Waals surface area contributed by atoms with Crippen LogP contribution in [0.5, 0.6) is 0 Å². The molecule has 0 aliphatic rings. The summed E-state index contributed by atoms with van der Waals surface area (Å²) in [6.07, 6.45) is 4.88. The normalized spacial score (nSPS) is 11.4. The second-order valence-electron chi connectivity index (χ2n) is 3.40. The number of halogens is 2. The fraction of sp³-hybridized carbons (Fsp3) is 0.167. The molecule has 94 valence electrons. The number of rotatable bonds is 4.